The summed E-state index contributed by atoms with van der Waals surface area (Å²) in [6, 6.07) is 11.7. The molecule has 0 amide bonds. The molecule has 98 valence electrons. The molecule has 7 nitrogen and oxygen atoms in total. The maximum Gasteiger partial charge on any atom is 0.269 e. The predicted octanol–water partition coefficient (Wildman–Crippen LogP) is 3.59. The first-order valence-corrected chi connectivity index (χ1v) is 5.49. The Morgan fingerprint density at radius 1 is 1.10 bits per heavy atom. The number of nitro groups is 1. The fraction of sp³-hybridized carbons (Fsp3) is 0. The minimum absolute atomic E-state index is 0.0275. The lowest BCUT2D eigenvalue weighted by atomic mass is 10.2. The van der Waals surface area contributed by atoms with E-state index < -0.39 is 4.92 Å². The Bertz CT molecular complexity index is 717. The molecule has 0 fully saturated rings. The van der Waals surface area contributed by atoms with Gasteiger partial charge in [0.15, 0.2) is 0 Å². The summed E-state index contributed by atoms with van der Waals surface area (Å²) in [4.78, 5) is 9.99. The number of phenols is 1. The summed E-state index contributed by atoms with van der Waals surface area (Å²) in [7, 11) is 0. The van der Waals surface area contributed by atoms with Gasteiger partial charge < -0.3 is 5.11 Å². The molecule has 1 N–H and O–H groups in total. The van der Waals surface area contributed by atoms with Crippen LogP contribution in [0.4, 0.5) is 17.1 Å². The lowest BCUT2D eigenvalue weighted by Crippen LogP contribution is -1.85. The zero-order chi connectivity index (χ0) is 14.5. The van der Waals surface area contributed by atoms with E-state index in [4.69, 9.17) is 5.26 Å². The van der Waals surface area contributed by atoms with E-state index in [1.807, 2.05) is 6.07 Å². The van der Waals surface area contributed by atoms with Crippen LogP contribution in [0.15, 0.2) is 52.7 Å². The highest BCUT2D eigenvalue weighted by Crippen LogP contribution is 2.25. The summed E-state index contributed by atoms with van der Waals surface area (Å²) in [5.41, 5.74) is 0.922. The highest BCUT2D eigenvalue weighted by atomic mass is 16.6. The minimum Gasteiger partial charge on any atom is -0.507 e. The first-order chi connectivity index (χ1) is 9.60. The van der Waals surface area contributed by atoms with Crippen LogP contribution in [0.25, 0.3) is 0 Å². The van der Waals surface area contributed by atoms with E-state index in [0.717, 1.165) is 0 Å². The molecule has 7 heteroatoms. The lowest BCUT2D eigenvalue weighted by Gasteiger charge is -1.97. The second kappa shape index (κ2) is 5.58. The Kier molecular flexibility index (Phi) is 3.67. The molecule has 0 bridgehead atoms. The largest absolute Gasteiger partial charge is 0.507 e. The van der Waals surface area contributed by atoms with E-state index in [9.17, 15) is 15.2 Å². The van der Waals surface area contributed by atoms with Crippen molar-refractivity contribution in [1.82, 2.24) is 0 Å². The van der Waals surface area contributed by atoms with Crippen molar-refractivity contribution in [3.05, 3.63) is 58.1 Å². The maximum atomic E-state index is 10.5. The van der Waals surface area contributed by atoms with Crippen molar-refractivity contribution < 1.29 is 10.0 Å². The number of nitro benzene ring substituents is 1. The van der Waals surface area contributed by atoms with E-state index in [0.29, 0.717) is 11.4 Å². The van der Waals surface area contributed by atoms with Gasteiger partial charge in [-0.25, -0.2) is 0 Å². The fourth-order valence-corrected chi connectivity index (χ4v) is 1.43. The van der Waals surface area contributed by atoms with Crippen molar-refractivity contribution in [1.29, 1.82) is 5.26 Å². The minimum atomic E-state index is -0.500. The second-order valence-electron chi connectivity index (χ2n) is 3.79. The van der Waals surface area contributed by atoms with Crippen LogP contribution in [-0.2, 0) is 0 Å². The number of nitriles is 1. The molecule has 2 aromatic rings. The average molecular weight is 268 g/mol. The topological polar surface area (TPSA) is 112 Å². The van der Waals surface area contributed by atoms with Crippen LogP contribution in [-0.4, -0.2) is 10.0 Å². The number of hydrogen-bond acceptors (Lipinski definition) is 6. The number of hydrogen-bond donors (Lipinski definition) is 1. The van der Waals surface area contributed by atoms with Gasteiger partial charge in [0, 0.05) is 12.1 Å². The van der Waals surface area contributed by atoms with Gasteiger partial charge >= 0.3 is 0 Å². The van der Waals surface area contributed by atoms with E-state index in [-0.39, 0.29) is 17.0 Å². The Morgan fingerprint density at radius 2 is 1.70 bits per heavy atom. The quantitative estimate of drug-likeness (QED) is 0.520. The molecule has 2 aromatic carbocycles. The van der Waals surface area contributed by atoms with Crippen molar-refractivity contribution in [2.24, 2.45) is 10.2 Å². The summed E-state index contributed by atoms with van der Waals surface area (Å²) >= 11 is 0. The zero-order valence-electron chi connectivity index (χ0n) is 10.1. The van der Waals surface area contributed by atoms with Gasteiger partial charge in [0.05, 0.1) is 21.9 Å². The molecule has 0 atom stereocenters. The maximum absolute atomic E-state index is 10.5. The third-order valence-corrected chi connectivity index (χ3v) is 2.44. The summed E-state index contributed by atoms with van der Waals surface area (Å²) in [6.45, 7) is 0. The molecule has 0 saturated heterocycles. The standard InChI is InChI=1S/C13H8N4O3/c14-8-9-7-11(3-6-13(9)18)16-15-10-1-4-12(5-2-10)17(19)20/h1-7,18H. The van der Waals surface area contributed by atoms with E-state index >= 15 is 0 Å². The Hall–Kier alpha value is -3.27. The van der Waals surface area contributed by atoms with Crippen molar-refractivity contribution in [2.75, 3.05) is 0 Å². The van der Waals surface area contributed by atoms with Gasteiger partial charge in [-0.15, -0.1) is 0 Å². The number of rotatable bonds is 3. The van der Waals surface area contributed by atoms with Gasteiger partial charge in [-0.05, 0) is 30.3 Å². The van der Waals surface area contributed by atoms with Gasteiger partial charge in [0.1, 0.15) is 11.8 Å². The molecule has 0 radical (unpaired) electrons. The van der Waals surface area contributed by atoms with Gasteiger partial charge in [-0.2, -0.15) is 15.5 Å². The SMILES string of the molecule is N#Cc1cc(N=Nc2ccc([N+](=O)[O-])cc2)ccc1O. The molecule has 0 unspecified atom stereocenters. The van der Waals surface area contributed by atoms with Gasteiger partial charge in [0.25, 0.3) is 5.69 Å². The molecule has 0 aromatic heterocycles. The third-order valence-electron chi connectivity index (χ3n) is 2.44. The van der Waals surface area contributed by atoms with Crippen LogP contribution in [0, 0.1) is 21.4 Å². The summed E-state index contributed by atoms with van der Waals surface area (Å²) in [5.74, 6) is -0.123. The van der Waals surface area contributed by atoms with Crippen molar-refractivity contribution in [3.63, 3.8) is 0 Å². The number of benzene rings is 2. The summed E-state index contributed by atoms with van der Waals surface area (Å²) in [5, 5.41) is 36.4. The molecule has 20 heavy (non-hydrogen) atoms. The highest BCUT2D eigenvalue weighted by molar-refractivity contribution is 5.52. The lowest BCUT2D eigenvalue weighted by molar-refractivity contribution is -0.384. The first kappa shape index (κ1) is 13.2. The monoisotopic (exact) mass is 268 g/mol. The van der Waals surface area contributed by atoms with Crippen LogP contribution in [0.2, 0.25) is 0 Å². The van der Waals surface area contributed by atoms with Gasteiger partial charge in [0.2, 0.25) is 0 Å². The van der Waals surface area contributed by atoms with E-state index in [1.165, 1.54) is 42.5 Å². The van der Waals surface area contributed by atoms with Gasteiger partial charge in [-0.3, -0.25) is 10.1 Å². The number of aromatic hydroxyl groups is 1. The number of phenolic OH excluding ortho intramolecular Hbond substituents is 1. The van der Waals surface area contributed by atoms with Crippen LogP contribution < -0.4 is 0 Å². The fourth-order valence-electron chi connectivity index (χ4n) is 1.43. The smallest absolute Gasteiger partial charge is 0.269 e. The Labute approximate surface area is 113 Å². The number of nitrogens with zero attached hydrogens (tertiary/aromatic N) is 4. The number of azo groups is 1. The summed E-state index contributed by atoms with van der Waals surface area (Å²) < 4.78 is 0. The van der Waals surface area contributed by atoms with E-state index in [1.54, 1.807) is 0 Å². The molecule has 0 spiro atoms. The van der Waals surface area contributed by atoms with Crippen molar-refractivity contribution >= 4 is 17.1 Å². The van der Waals surface area contributed by atoms with Crippen molar-refractivity contribution in [2.45, 2.75) is 0 Å². The Balaban J connectivity index is 2.21. The Morgan fingerprint density at radius 3 is 2.30 bits per heavy atom. The molecular weight excluding hydrogens is 260 g/mol. The molecule has 2 rings (SSSR count). The highest BCUT2D eigenvalue weighted by Gasteiger charge is 2.04. The van der Waals surface area contributed by atoms with Crippen LogP contribution >= 0.6 is 0 Å². The first-order valence-electron chi connectivity index (χ1n) is 5.49. The van der Waals surface area contributed by atoms with E-state index in [2.05, 4.69) is 10.2 Å². The van der Waals surface area contributed by atoms with Crippen LogP contribution in [0.5, 0.6) is 5.75 Å². The van der Waals surface area contributed by atoms with Crippen molar-refractivity contribution in [3.8, 4) is 11.8 Å². The molecule has 0 aliphatic heterocycles. The van der Waals surface area contributed by atoms with Crippen LogP contribution in [0.1, 0.15) is 5.56 Å². The average Bonchev–Trinajstić information content (AvgIpc) is 2.46. The third kappa shape index (κ3) is 2.94. The molecule has 0 heterocycles. The molecule has 0 aliphatic carbocycles. The zero-order valence-corrected chi connectivity index (χ0v) is 10.1. The van der Waals surface area contributed by atoms with Gasteiger partial charge in [-0.1, -0.05) is 0 Å². The molecular formula is C13H8N4O3. The molecule has 0 aliphatic rings. The second-order valence-corrected chi connectivity index (χ2v) is 3.79. The number of non-ortho nitro benzene ring substituents is 1. The molecule has 0 saturated carbocycles. The predicted molar refractivity (Wildman–Crippen MR) is 70.1 cm³/mol. The summed E-state index contributed by atoms with van der Waals surface area (Å²) in [6.07, 6.45) is 0. The van der Waals surface area contributed by atoms with Crippen LogP contribution in [0.3, 0.4) is 0 Å². The normalized spacial score (nSPS) is 10.3.